The second kappa shape index (κ2) is 9.99. The summed E-state index contributed by atoms with van der Waals surface area (Å²) in [5.74, 6) is 1.81. The Morgan fingerprint density at radius 2 is 1.68 bits per heavy atom. The van der Waals surface area contributed by atoms with E-state index in [2.05, 4.69) is 27.2 Å². The molecule has 0 atom stereocenters. The highest BCUT2D eigenvalue weighted by atomic mass is 16.5. The summed E-state index contributed by atoms with van der Waals surface area (Å²) in [4.78, 5) is 16.8. The van der Waals surface area contributed by atoms with Crippen LogP contribution in [0.25, 0.3) is 0 Å². The smallest absolute Gasteiger partial charge is 0.234 e. The molecule has 0 saturated carbocycles. The molecule has 1 amide bonds. The van der Waals surface area contributed by atoms with Crippen molar-refractivity contribution in [3.63, 3.8) is 0 Å². The van der Waals surface area contributed by atoms with Gasteiger partial charge in [0.2, 0.25) is 5.91 Å². The van der Waals surface area contributed by atoms with E-state index in [0.717, 1.165) is 44.1 Å². The number of piperazine rings is 1. The minimum atomic E-state index is 0.0864. The number of rotatable bonds is 8. The van der Waals surface area contributed by atoms with Crippen LogP contribution < -0.4 is 19.7 Å². The minimum Gasteiger partial charge on any atom is -0.497 e. The van der Waals surface area contributed by atoms with Crippen LogP contribution in [0.4, 0.5) is 5.69 Å². The lowest BCUT2D eigenvalue weighted by Gasteiger charge is -2.35. The van der Waals surface area contributed by atoms with Crippen molar-refractivity contribution < 1.29 is 14.3 Å². The predicted octanol–water partition coefficient (Wildman–Crippen LogP) is 2.18. The van der Waals surface area contributed by atoms with E-state index in [1.807, 2.05) is 36.4 Å². The number of hydrogen-bond donors (Lipinski definition) is 1. The summed E-state index contributed by atoms with van der Waals surface area (Å²) in [5, 5.41) is 3.02. The van der Waals surface area contributed by atoms with Gasteiger partial charge in [0, 0.05) is 44.5 Å². The van der Waals surface area contributed by atoms with Gasteiger partial charge in [0.1, 0.15) is 11.5 Å². The average molecular weight is 383 g/mol. The molecule has 1 aliphatic heterocycles. The molecule has 6 nitrogen and oxygen atoms in total. The zero-order valence-corrected chi connectivity index (χ0v) is 16.7. The average Bonchev–Trinajstić information content (AvgIpc) is 2.75. The van der Waals surface area contributed by atoms with Gasteiger partial charge in [-0.05, 0) is 36.2 Å². The molecule has 0 aromatic heterocycles. The molecule has 0 spiro atoms. The number of amides is 1. The quantitative estimate of drug-likeness (QED) is 0.757. The number of benzene rings is 2. The number of carbonyl (C=O) groups excluding carboxylic acids is 1. The Morgan fingerprint density at radius 3 is 2.36 bits per heavy atom. The largest absolute Gasteiger partial charge is 0.497 e. The Kier molecular flexibility index (Phi) is 7.14. The molecule has 28 heavy (non-hydrogen) atoms. The summed E-state index contributed by atoms with van der Waals surface area (Å²) in [5.41, 5.74) is 2.36. The highest BCUT2D eigenvalue weighted by Crippen LogP contribution is 2.22. The number of hydrogen-bond acceptors (Lipinski definition) is 5. The molecular formula is C22H29N3O3. The molecule has 1 N–H and O–H groups in total. The van der Waals surface area contributed by atoms with Crippen molar-refractivity contribution in [2.45, 2.75) is 6.42 Å². The summed E-state index contributed by atoms with van der Waals surface area (Å²) in [7, 11) is 3.34. The van der Waals surface area contributed by atoms with E-state index < -0.39 is 0 Å². The van der Waals surface area contributed by atoms with E-state index in [-0.39, 0.29) is 5.91 Å². The van der Waals surface area contributed by atoms with Gasteiger partial charge in [-0.15, -0.1) is 0 Å². The second-order valence-corrected chi connectivity index (χ2v) is 6.91. The van der Waals surface area contributed by atoms with Gasteiger partial charge in [0.15, 0.2) is 0 Å². The van der Waals surface area contributed by atoms with Gasteiger partial charge in [-0.3, -0.25) is 9.69 Å². The van der Waals surface area contributed by atoms with Crippen LogP contribution in [0.1, 0.15) is 5.56 Å². The first-order valence-corrected chi connectivity index (χ1v) is 9.69. The molecule has 3 rings (SSSR count). The van der Waals surface area contributed by atoms with Gasteiger partial charge >= 0.3 is 0 Å². The van der Waals surface area contributed by atoms with Crippen LogP contribution in [-0.2, 0) is 11.2 Å². The molecule has 0 aliphatic carbocycles. The van der Waals surface area contributed by atoms with Crippen molar-refractivity contribution in [1.82, 2.24) is 10.2 Å². The summed E-state index contributed by atoms with van der Waals surface area (Å²) in [6.45, 7) is 4.67. The normalized spacial score (nSPS) is 14.6. The Bertz CT molecular complexity index is 756. The first-order chi connectivity index (χ1) is 13.7. The van der Waals surface area contributed by atoms with E-state index >= 15 is 0 Å². The topological polar surface area (TPSA) is 54.0 Å². The fourth-order valence-corrected chi connectivity index (χ4v) is 3.37. The van der Waals surface area contributed by atoms with Crippen molar-refractivity contribution in [1.29, 1.82) is 0 Å². The fourth-order valence-electron chi connectivity index (χ4n) is 3.37. The molecule has 1 aliphatic rings. The molecule has 0 unspecified atom stereocenters. The van der Waals surface area contributed by atoms with Crippen molar-refractivity contribution in [2.24, 2.45) is 0 Å². The Morgan fingerprint density at radius 1 is 0.964 bits per heavy atom. The van der Waals surface area contributed by atoms with Crippen LogP contribution >= 0.6 is 0 Å². The summed E-state index contributed by atoms with van der Waals surface area (Å²) in [6.07, 6.45) is 0.819. The molecule has 1 saturated heterocycles. The molecule has 150 valence electrons. The Balaban J connectivity index is 1.37. The first-order valence-electron chi connectivity index (χ1n) is 9.69. The molecular weight excluding hydrogens is 354 g/mol. The number of anilines is 1. The Hall–Kier alpha value is -2.73. The first kappa shape index (κ1) is 20.0. The maximum atomic E-state index is 12.2. The summed E-state index contributed by atoms with van der Waals surface area (Å²) < 4.78 is 10.5. The van der Waals surface area contributed by atoms with Crippen LogP contribution in [-0.4, -0.2) is 64.3 Å². The van der Waals surface area contributed by atoms with Crippen molar-refractivity contribution in [3.8, 4) is 11.5 Å². The lowest BCUT2D eigenvalue weighted by Crippen LogP contribution is -2.49. The van der Waals surface area contributed by atoms with Gasteiger partial charge in [-0.25, -0.2) is 0 Å². The van der Waals surface area contributed by atoms with Crippen LogP contribution in [0.15, 0.2) is 48.5 Å². The predicted molar refractivity (Wildman–Crippen MR) is 111 cm³/mol. The molecule has 1 heterocycles. The zero-order valence-electron chi connectivity index (χ0n) is 16.7. The monoisotopic (exact) mass is 383 g/mol. The minimum absolute atomic E-state index is 0.0864. The SMILES string of the molecule is COc1ccc(CCNC(=O)CN2CCN(c3cccc(OC)c3)CC2)cc1. The lowest BCUT2D eigenvalue weighted by molar-refractivity contribution is -0.122. The number of nitrogens with zero attached hydrogens (tertiary/aromatic N) is 2. The molecule has 6 heteroatoms. The van der Waals surface area contributed by atoms with Gasteiger partial charge in [-0.2, -0.15) is 0 Å². The van der Waals surface area contributed by atoms with Crippen LogP contribution in [0.2, 0.25) is 0 Å². The number of nitrogens with one attached hydrogen (secondary N) is 1. The maximum absolute atomic E-state index is 12.2. The lowest BCUT2D eigenvalue weighted by atomic mass is 10.1. The van der Waals surface area contributed by atoms with E-state index in [9.17, 15) is 4.79 Å². The maximum Gasteiger partial charge on any atom is 0.234 e. The van der Waals surface area contributed by atoms with Crippen LogP contribution in [0.5, 0.6) is 11.5 Å². The van der Waals surface area contributed by atoms with Crippen LogP contribution in [0, 0.1) is 0 Å². The van der Waals surface area contributed by atoms with Gasteiger partial charge < -0.3 is 19.7 Å². The van der Waals surface area contributed by atoms with Crippen molar-refractivity contribution in [2.75, 3.05) is 58.4 Å². The molecule has 1 fully saturated rings. The highest BCUT2D eigenvalue weighted by molar-refractivity contribution is 5.78. The standard InChI is InChI=1S/C22H29N3O3/c1-27-20-8-6-18(7-9-20)10-11-23-22(26)17-24-12-14-25(15-13-24)19-4-3-5-21(16-19)28-2/h3-9,16H,10-15,17H2,1-2H3,(H,23,26). The molecule has 2 aromatic carbocycles. The number of carbonyl (C=O) groups is 1. The fraction of sp³-hybridized carbons (Fsp3) is 0.409. The van der Waals surface area contributed by atoms with E-state index in [1.165, 1.54) is 11.3 Å². The number of ether oxygens (including phenoxy) is 2. The van der Waals surface area contributed by atoms with E-state index in [0.29, 0.717) is 13.1 Å². The molecule has 2 aromatic rings. The number of methoxy groups -OCH3 is 2. The second-order valence-electron chi connectivity index (χ2n) is 6.91. The third-order valence-corrected chi connectivity index (χ3v) is 5.05. The van der Waals surface area contributed by atoms with Gasteiger partial charge in [-0.1, -0.05) is 18.2 Å². The molecule has 0 bridgehead atoms. The van der Waals surface area contributed by atoms with Crippen LogP contribution in [0.3, 0.4) is 0 Å². The van der Waals surface area contributed by atoms with E-state index in [1.54, 1.807) is 14.2 Å². The highest BCUT2D eigenvalue weighted by Gasteiger charge is 2.19. The third kappa shape index (κ3) is 5.63. The Labute approximate surface area is 167 Å². The summed E-state index contributed by atoms with van der Waals surface area (Å²) in [6, 6.07) is 16.1. The zero-order chi connectivity index (χ0) is 19.8. The van der Waals surface area contributed by atoms with Crippen molar-refractivity contribution in [3.05, 3.63) is 54.1 Å². The molecule has 0 radical (unpaired) electrons. The van der Waals surface area contributed by atoms with E-state index in [4.69, 9.17) is 9.47 Å². The van der Waals surface area contributed by atoms with Gasteiger partial charge in [0.25, 0.3) is 0 Å². The third-order valence-electron chi connectivity index (χ3n) is 5.05. The summed E-state index contributed by atoms with van der Waals surface area (Å²) >= 11 is 0. The van der Waals surface area contributed by atoms with Gasteiger partial charge in [0.05, 0.1) is 20.8 Å². The van der Waals surface area contributed by atoms with Crippen molar-refractivity contribution >= 4 is 11.6 Å².